The Kier molecular flexibility index (Phi) is 5.60. The summed E-state index contributed by atoms with van der Waals surface area (Å²) < 4.78 is 0. The Hall–Kier alpha value is -1.40. The van der Waals surface area contributed by atoms with E-state index in [-0.39, 0.29) is 33.0 Å². The molecule has 0 aromatic rings. The lowest BCUT2D eigenvalue weighted by Gasteiger charge is -2.75. The molecule has 5 aliphatic rings. The Labute approximate surface area is 221 Å². The van der Waals surface area contributed by atoms with Crippen LogP contribution in [-0.4, -0.2) is 44.6 Å². The molecule has 0 aromatic carbocycles. The van der Waals surface area contributed by atoms with Gasteiger partial charge in [-0.05, 0) is 97.7 Å². The van der Waals surface area contributed by atoms with E-state index in [0.717, 1.165) is 37.7 Å². The Bertz CT molecular complexity index is 1060. The van der Waals surface area contributed by atoms with Crippen LogP contribution >= 0.6 is 0 Å². The third-order valence-electron chi connectivity index (χ3n) is 14.3. The maximum Gasteiger partial charge on any atom is 0.312 e. The molecule has 37 heavy (non-hydrogen) atoms. The second-order valence-electron chi connectivity index (χ2n) is 15.4. The average Bonchev–Trinajstić information content (AvgIpc) is 2.81. The Morgan fingerprint density at radius 3 is 2.00 bits per heavy atom. The third-order valence-corrected chi connectivity index (χ3v) is 14.3. The van der Waals surface area contributed by atoms with Gasteiger partial charge in [-0.25, -0.2) is 0 Å². The van der Waals surface area contributed by atoms with Gasteiger partial charge in [0.05, 0.1) is 23.0 Å². The summed E-state index contributed by atoms with van der Waals surface area (Å²) in [6.07, 6.45) is 6.89. The highest BCUT2D eigenvalue weighted by atomic mass is 16.4. The summed E-state index contributed by atoms with van der Waals surface area (Å²) in [6, 6.07) is 0. The number of aliphatic carboxylic acids is 2. The number of hydrogen-bond donors (Lipinski definition) is 4. The minimum Gasteiger partial charge on any atom is -0.481 e. The van der Waals surface area contributed by atoms with Crippen molar-refractivity contribution in [1.82, 2.24) is 0 Å². The minimum atomic E-state index is -1.18. The SMILES string of the molecule is CC1(C)CC[C@]2(C(=O)O)CC[C@]3(C)C(=CC[C@@]4(C)[C@@]3(C)CC[C@H]3[C@@](C)(C(=O)O)[C@H](O)CC[C@@]34C)[C@@H]2[C@@H]1O. The monoisotopic (exact) mass is 516 g/mol. The molecule has 10 atom stereocenters. The quantitative estimate of drug-likeness (QED) is 0.352. The van der Waals surface area contributed by atoms with Crippen LogP contribution in [0.5, 0.6) is 0 Å². The van der Waals surface area contributed by atoms with Crippen molar-refractivity contribution < 1.29 is 30.0 Å². The lowest BCUT2D eigenvalue weighted by atomic mass is 9.29. The van der Waals surface area contributed by atoms with E-state index in [1.54, 1.807) is 6.92 Å². The molecule has 6 nitrogen and oxygen atoms in total. The average molecular weight is 517 g/mol. The van der Waals surface area contributed by atoms with E-state index in [9.17, 15) is 30.0 Å². The Morgan fingerprint density at radius 1 is 0.784 bits per heavy atom. The van der Waals surface area contributed by atoms with E-state index in [2.05, 4.69) is 47.6 Å². The van der Waals surface area contributed by atoms with Crippen LogP contribution in [0.25, 0.3) is 0 Å². The third kappa shape index (κ3) is 2.85. The first-order valence-corrected chi connectivity index (χ1v) is 14.4. The van der Waals surface area contributed by atoms with Crippen LogP contribution in [0, 0.1) is 49.7 Å². The largest absolute Gasteiger partial charge is 0.481 e. The summed E-state index contributed by atoms with van der Waals surface area (Å²) in [5, 5.41) is 43.6. The number of fused-ring (bicyclic) bond motifs is 7. The van der Waals surface area contributed by atoms with Gasteiger partial charge in [-0.15, -0.1) is 0 Å². The van der Waals surface area contributed by atoms with Crippen LogP contribution < -0.4 is 0 Å². The molecular weight excluding hydrogens is 468 g/mol. The van der Waals surface area contributed by atoms with Crippen molar-refractivity contribution in [2.75, 3.05) is 0 Å². The number of aliphatic hydroxyl groups is 2. The van der Waals surface area contributed by atoms with Gasteiger partial charge in [0, 0.05) is 5.92 Å². The lowest BCUT2D eigenvalue weighted by molar-refractivity contribution is -0.256. The van der Waals surface area contributed by atoms with Crippen LogP contribution in [0.3, 0.4) is 0 Å². The maximum atomic E-state index is 12.9. The van der Waals surface area contributed by atoms with Crippen molar-refractivity contribution in [1.29, 1.82) is 0 Å². The highest BCUT2D eigenvalue weighted by molar-refractivity contribution is 5.77. The molecule has 0 heterocycles. The molecule has 0 bridgehead atoms. The molecule has 0 amide bonds. The van der Waals surface area contributed by atoms with Crippen molar-refractivity contribution in [3.05, 3.63) is 11.6 Å². The molecule has 6 heteroatoms. The summed E-state index contributed by atoms with van der Waals surface area (Å²) in [4.78, 5) is 25.5. The number of carboxylic acids is 2. The first-order chi connectivity index (χ1) is 16.9. The zero-order valence-electron chi connectivity index (χ0n) is 23.9. The van der Waals surface area contributed by atoms with Crippen molar-refractivity contribution in [3.8, 4) is 0 Å². The summed E-state index contributed by atoms with van der Waals surface area (Å²) in [7, 11) is 0. The van der Waals surface area contributed by atoms with E-state index in [1.807, 2.05) is 0 Å². The van der Waals surface area contributed by atoms with Crippen LogP contribution in [0.4, 0.5) is 0 Å². The molecular formula is C31H48O6. The van der Waals surface area contributed by atoms with Gasteiger partial charge >= 0.3 is 11.9 Å². The second-order valence-corrected chi connectivity index (χ2v) is 15.4. The van der Waals surface area contributed by atoms with Crippen LogP contribution in [-0.2, 0) is 9.59 Å². The molecule has 4 N–H and O–H groups in total. The molecule has 0 spiro atoms. The zero-order valence-corrected chi connectivity index (χ0v) is 23.9. The fraction of sp³-hybridized carbons (Fsp3) is 0.871. The number of aliphatic hydroxyl groups excluding tert-OH is 2. The normalized spacial score (nSPS) is 54.6. The summed E-state index contributed by atoms with van der Waals surface area (Å²) in [5.74, 6) is -2.23. The fourth-order valence-electron chi connectivity index (χ4n) is 11.0. The predicted octanol–water partition coefficient (Wildman–Crippen LogP) is 5.66. The number of hydrogen-bond acceptors (Lipinski definition) is 4. The van der Waals surface area contributed by atoms with Gasteiger partial charge in [0.15, 0.2) is 0 Å². The maximum absolute atomic E-state index is 12.9. The molecule has 0 aromatic heterocycles. The highest BCUT2D eigenvalue weighted by Crippen LogP contribution is 2.80. The predicted molar refractivity (Wildman–Crippen MR) is 141 cm³/mol. The van der Waals surface area contributed by atoms with Crippen LogP contribution in [0.1, 0.15) is 106 Å². The zero-order chi connectivity index (χ0) is 27.6. The van der Waals surface area contributed by atoms with Gasteiger partial charge in [0.1, 0.15) is 0 Å². The Morgan fingerprint density at radius 2 is 1.41 bits per heavy atom. The highest BCUT2D eigenvalue weighted by Gasteiger charge is 2.75. The van der Waals surface area contributed by atoms with Gasteiger partial charge < -0.3 is 20.4 Å². The van der Waals surface area contributed by atoms with Crippen molar-refractivity contribution in [2.45, 2.75) is 118 Å². The number of carboxylic acid groups (broad SMARTS) is 2. The number of allylic oxidation sites excluding steroid dienone is 1. The van der Waals surface area contributed by atoms with Crippen LogP contribution in [0.15, 0.2) is 11.6 Å². The van der Waals surface area contributed by atoms with E-state index >= 15 is 0 Å². The second kappa shape index (κ2) is 7.62. The molecule has 0 radical (unpaired) electrons. The molecule has 4 saturated carbocycles. The minimum absolute atomic E-state index is 0.140. The number of carbonyl (C=O) groups is 2. The molecule has 5 aliphatic carbocycles. The fourth-order valence-corrected chi connectivity index (χ4v) is 11.0. The van der Waals surface area contributed by atoms with Crippen molar-refractivity contribution >= 4 is 11.9 Å². The van der Waals surface area contributed by atoms with Crippen molar-refractivity contribution in [2.24, 2.45) is 49.7 Å². The van der Waals surface area contributed by atoms with Crippen LogP contribution in [0.2, 0.25) is 0 Å². The summed E-state index contributed by atoms with van der Waals surface area (Å²) in [5.41, 5.74) is -2.32. The van der Waals surface area contributed by atoms with Gasteiger partial charge in [-0.2, -0.15) is 0 Å². The van der Waals surface area contributed by atoms with Gasteiger partial charge in [0.25, 0.3) is 0 Å². The van der Waals surface area contributed by atoms with E-state index in [4.69, 9.17) is 0 Å². The number of rotatable bonds is 2. The lowest BCUT2D eigenvalue weighted by Crippen LogP contribution is -2.71. The van der Waals surface area contributed by atoms with E-state index in [1.165, 1.54) is 0 Å². The van der Waals surface area contributed by atoms with E-state index < -0.39 is 40.9 Å². The molecule has 208 valence electrons. The van der Waals surface area contributed by atoms with E-state index in [0.29, 0.717) is 25.7 Å². The molecule has 4 fully saturated rings. The van der Waals surface area contributed by atoms with Gasteiger partial charge in [-0.3, -0.25) is 9.59 Å². The first-order valence-electron chi connectivity index (χ1n) is 14.4. The van der Waals surface area contributed by atoms with Crippen molar-refractivity contribution in [3.63, 3.8) is 0 Å². The molecule has 0 saturated heterocycles. The smallest absolute Gasteiger partial charge is 0.312 e. The standard InChI is InChI=1S/C31H48O6/c1-25(2)14-16-31(24(36)37)17-15-26(3)18(21(31)22(25)33)8-12-29(6)27(4)11-10-20(32)30(7,23(34)35)19(27)9-13-28(26,29)5/h8,19-22,32-33H,9-17H2,1-7H3,(H,34,35)(H,36,37)/t19-,20-,21-,22+,26-,27+,28+,29-,30-,31+/m1/s1. The first kappa shape index (κ1) is 27.2. The summed E-state index contributed by atoms with van der Waals surface area (Å²) in [6.45, 7) is 15.2. The topological polar surface area (TPSA) is 115 Å². The molecule has 5 rings (SSSR count). The molecule has 0 unspecified atom stereocenters. The Balaban J connectivity index is 1.68. The molecule has 0 aliphatic heterocycles. The van der Waals surface area contributed by atoms with Gasteiger partial charge in [-0.1, -0.05) is 53.2 Å². The van der Waals surface area contributed by atoms with Gasteiger partial charge in [0.2, 0.25) is 0 Å². The summed E-state index contributed by atoms with van der Waals surface area (Å²) >= 11 is 0.